The highest BCUT2D eigenvalue weighted by atomic mass is 19.4. The van der Waals surface area contributed by atoms with Crippen LogP contribution < -0.4 is 5.73 Å². The average Bonchev–Trinajstić information content (AvgIpc) is 2.84. The summed E-state index contributed by atoms with van der Waals surface area (Å²) < 4.78 is 39.0. The molecule has 2 atom stereocenters. The number of hydrogen-bond donors (Lipinski definition) is 1. The monoisotopic (exact) mass is 300 g/mol. The molecule has 1 amide bonds. The van der Waals surface area contributed by atoms with Gasteiger partial charge in [0, 0.05) is 25.6 Å². The maximum Gasteiger partial charge on any atom is 0.416 e. The summed E-state index contributed by atoms with van der Waals surface area (Å²) >= 11 is 0. The third-order valence-corrected chi connectivity index (χ3v) is 3.86. The Morgan fingerprint density at radius 3 is 2.67 bits per heavy atom. The molecular formula is C15H19F3N2O. The predicted molar refractivity (Wildman–Crippen MR) is 73.6 cm³/mol. The number of amides is 1. The van der Waals surface area contributed by atoms with Gasteiger partial charge in [-0.15, -0.1) is 0 Å². The highest BCUT2D eigenvalue weighted by Crippen LogP contribution is 2.36. The van der Waals surface area contributed by atoms with Crippen molar-refractivity contribution < 1.29 is 18.0 Å². The molecule has 1 aliphatic heterocycles. The average molecular weight is 300 g/mol. The number of hydrogen-bond acceptors (Lipinski definition) is 2. The zero-order valence-corrected chi connectivity index (χ0v) is 11.9. The number of halogens is 3. The molecule has 2 N–H and O–H groups in total. The Balaban J connectivity index is 2.10. The first-order valence-corrected chi connectivity index (χ1v) is 6.98. The molecule has 21 heavy (non-hydrogen) atoms. The van der Waals surface area contributed by atoms with E-state index in [9.17, 15) is 18.0 Å². The van der Waals surface area contributed by atoms with Gasteiger partial charge in [0.05, 0.1) is 5.56 Å². The van der Waals surface area contributed by atoms with Crippen molar-refractivity contribution in [2.75, 3.05) is 13.1 Å². The molecule has 0 radical (unpaired) electrons. The lowest BCUT2D eigenvalue weighted by Gasteiger charge is -2.21. The second kappa shape index (κ2) is 6.05. The van der Waals surface area contributed by atoms with Crippen LogP contribution >= 0.6 is 0 Å². The van der Waals surface area contributed by atoms with Crippen LogP contribution in [0.25, 0.3) is 0 Å². The summed E-state index contributed by atoms with van der Waals surface area (Å²) in [7, 11) is 0. The Kier molecular flexibility index (Phi) is 4.56. The number of alkyl halides is 3. The highest BCUT2D eigenvalue weighted by molar-refractivity contribution is 5.77. The number of nitrogens with two attached hydrogens (primary N) is 1. The Bertz CT molecular complexity index is 516. The van der Waals surface area contributed by atoms with Gasteiger partial charge >= 0.3 is 6.18 Å². The summed E-state index contributed by atoms with van der Waals surface area (Å²) in [6, 6.07) is 5.41. The zero-order chi connectivity index (χ0) is 15.6. The van der Waals surface area contributed by atoms with Crippen molar-refractivity contribution in [3.63, 3.8) is 0 Å². The maximum absolute atomic E-state index is 13.0. The van der Waals surface area contributed by atoms with Gasteiger partial charge < -0.3 is 10.6 Å². The van der Waals surface area contributed by atoms with Crippen LogP contribution in [0, 0.1) is 0 Å². The Hall–Kier alpha value is -1.56. The first kappa shape index (κ1) is 15.8. The molecule has 1 saturated heterocycles. The third-order valence-electron chi connectivity index (χ3n) is 3.86. The molecule has 6 heteroatoms. The van der Waals surface area contributed by atoms with E-state index in [2.05, 4.69) is 0 Å². The lowest BCUT2D eigenvalue weighted by atomic mass is 9.92. The Morgan fingerprint density at radius 2 is 2.10 bits per heavy atom. The van der Waals surface area contributed by atoms with Crippen molar-refractivity contribution in [2.45, 2.75) is 37.9 Å². The fraction of sp³-hybridized carbons (Fsp3) is 0.533. The minimum Gasteiger partial charge on any atom is -0.341 e. The second-order valence-electron chi connectivity index (χ2n) is 5.58. The van der Waals surface area contributed by atoms with Crippen LogP contribution in [0.4, 0.5) is 13.2 Å². The van der Waals surface area contributed by atoms with Crippen LogP contribution in [-0.4, -0.2) is 29.9 Å². The molecule has 1 aliphatic rings. The molecule has 1 fully saturated rings. The topological polar surface area (TPSA) is 46.3 Å². The quantitative estimate of drug-likeness (QED) is 0.933. The summed E-state index contributed by atoms with van der Waals surface area (Å²) in [4.78, 5) is 13.8. The van der Waals surface area contributed by atoms with Gasteiger partial charge in [-0.05, 0) is 24.0 Å². The molecule has 0 saturated carbocycles. The molecule has 0 aliphatic carbocycles. The summed E-state index contributed by atoms with van der Waals surface area (Å²) in [5.41, 5.74) is 5.25. The van der Waals surface area contributed by atoms with E-state index >= 15 is 0 Å². The van der Waals surface area contributed by atoms with Crippen LogP contribution in [0.15, 0.2) is 24.3 Å². The molecule has 1 aromatic carbocycles. The smallest absolute Gasteiger partial charge is 0.341 e. The van der Waals surface area contributed by atoms with Gasteiger partial charge in [0.25, 0.3) is 0 Å². The summed E-state index contributed by atoms with van der Waals surface area (Å²) in [5.74, 6) is -0.612. The van der Waals surface area contributed by atoms with Gasteiger partial charge in [0.1, 0.15) is 0 Å². The molecule has 1 aromatic rings. The number of benzene rings is 1. The van der Waals surface area contributed by atoms with Gasteiger partial charge in [-0.1, -0.05) is 25.1 Å². The van der Waals surface area contributed by atoms with Gasteiger partial charge in [-0.3, -0.25) is 4.79 Å². The van der Waals surface area contributed by atoms with Crippen molar-refractivity contribution in [1.82, 2.24) is 4.90 Å². The van der Waals surface area contributed by atoms with Crippen LogP contribution in [-0.2, 0) is 11.0 Å². The van der Waals surface area contributed by atoms with Crippen molar-refractivity contribution in [3.05, 3.63) is 35.4 Å². The third kappa shape index (κ3) is 3.75. The van der Waals surface area contributed by atoms with E-state index in [1.165, 1.54) is 12.1 Å². The molecule has 0 aromatic heterocycles. The normalized spacial score (nSPS) is 20.6. The van der Waals surface area contributed by atoms with Gasteiger partial charge in [-0.2, -0.15) is 13.2 Å². The number of likely N-dealkylation sites (tertiary alicyclic amines) is 1. The lowest BCUT2D eigenvalue weighted by Crippen LogP contribution is -2.32. The van der Waals surface area contributed by atoms with Crippen molar-refractivity contribution in [1.29, 1.82) is 0 Å². The molecule has 1 heterocycles. The first-order chi connectivity index (χ1) is 9.79. The molecule has 0 bridgehead atoms. The van der Waals surface area contributed by atoms with E-state index in [1.54, 1.807) is 17.9 Å². The van der Waals surface area contributed by atoms with Crippen LogP contribution in [0.5, 0.6) is 0 Å². The SMILES string of the molecule is C[C@@H](CC(=O)N1CC[C@@H](N)C1)c1ccccc1C(F)(F)F. The van der Waals surface area contributed by atoms with Crippen molar-refractivity contribution >= 4 is 5.91 Å². The van der Waals surface area contributed by atoms with Gasteiger partial charge in [-0.25, -0.2) is 0 Å². The minimum absolute atomic E-state index is 0.0216. The molecule has 3 nitrogen and oxygen atoms in total. The maximum atomic E-state index is 13.0. The van der Waals surface area contributed by atoms with Crippen LogP contribution in [0.3, 0.4) is 0 Å². The summed E-state index contributed by atoms with van der Waals surface area (Å²) in [6.07, 6.45) is -3.58. The van der Waals surface area contributed by atoms with E-state index in [0.29, 0.717) is 13.1 Å². The number of rotatable bonds is 3. The van der Waals surface area contributed by atoms with Gasteiger partial charge in [0.15, 0.2) is 0 Å². The van der Waals surface area contributed by atoms with E-state index < -0.39 is 17.7 Å². The van der Waals surface area contributed by atoms with Crippen molar-refractivity contribution in [3.8, 4) is 0 Å². The predicted octanol–water partition coefficient (Wildman–Crippen LogP) is 2.76. The lowest BCUT2D eigenvalue weighted by molar-refractivity contribution is -0.139. The molecule has 2 rings (SSSR count). The van der Waals surface area contributed by atoms with E-state index in [0.717, 1.165) is 12.5 Å². The fourth-order valence-electron chi connectivity index (χ4n) is 2.70. The van der Waals surface area contributed by atoms with E-state index in [1.807, 2.05) is 0 Å². The van der Waals surface area contributed by atoms with E-state index in [4.69, 9.17) is 5.73 Å². The number of carbonyl (C=O) groups is 1. The summed E-state index contributed by atoms with van der Waals surface area (Å²) in [5, 5.41) is 0. The highest BCUT2D eigenvalue weighted by Gasteiger charge is 2.35. The Morgan fingerprint density at radius 1 is 1.43 bits per heavy atom. The van der Waals surface area contributed by atoms with Crippen LogP contribution in [0.2, 0.25) is 0 Å². The standard InChI is InChI=1S/C15H19F3N2O/c1-10(8-14(21)20-7-6-11(19)9-20)12-4-2-3-5-13(12)15(16,17)18/h2-5,10-11H,6-9,19H2,1H3/t10-,11+/m0/s1. The number of carbonyl (C=O) groups excluding carboxylic acids is 1. The van der Waals surface area contributed by atoms with E-state index in [-0.39, 0.29) is 23.9 Å². The zero-order valence-electron chi connectivity index (χ0n) is 11.9. The fourth-order valence-corrected chi connectivity index (χ4v) is 2.70. The minimum atomic E-state index is -4.40. The first-order valence-electron chi connectivity index (χ1n) is 6.98. The number of nitrogens with zero attached hydrogens (tertiary/aromatic N) is 1. The van der Waals surface area contributed by atoms with Crippen molar-refractivity contribution in [2.24, 2.45) is 5.73 Å². The van der Waals surface area contributed by atoms with Gasteiger partial charge in [0.2, 0.25) is 5.91 Å². The van der Waals surface area contributed by atoms with Crippen LogP contribution in [0.1, 0.15) is 36.8 Å². The molecule has 0 spiro atoms. The second-order valence-corrected chi connectivity index (χ2v) is 5.58. The Labute approximate surface area is 121 Å². The molecular weight excluding hydrogens is 281 g/mol. The molecule has 0 unspecified atom stereocenters. The molecule has 116 valence electrons. The summed E-state index contributed by atoms with van der Waals surface area (Å²) in [6.45, 7) is 2.73. The largest absolute Gasteiger partial charge is 0.416 e.